The topological polar surface area (TPSA) is 12.5 Å². The fraction of sp³-hybridized carbons (Fsp3) is 0.739. The summed E-state index contributed by atoms with van der Waals surface area (Å²) in [6.07, 6.45) is 9.55. The molecule has 0 amide bonds. The van der Waals surface area contributed by atoms with Crippen molar-refractivity contribution >= 4 is 0 Å². The molecule has 2 fully saturated rings. The summed E-state index contributed by atoms with van der Waals surface area (Å²) in [6.45, 7) is 9.81. The molecule has 0 N–H and O–H groups in total. The molecule has 0 unspecified atom stereocenters. The first-order valence-electron chi connectivity index (χ1n) is 10.4. The summed E-state index contributed by atoms with van der Waals surface area (Å²) < 4.78 is 5.58. The van der Waals surface area contributed by atoms with Crippen molar-refractivity contribution in [3.63, 3.8) is 0 Å². The van der Waals surface area contributed by atoms with Crippen molar-refractivity contribution in [1.82, 2.24) is 4.90 Å². The molecule has 1 aromatic carbocycles. The Morgan fingerprint density at radius 1 is 1.00 bits per heavy atom. The van der Waals surface area contributed by atoms with Crippen molar-refractivity contribution in [3.05, 3.63) is 29.8 Å². The summed E-state index contributed by atoms with van der Waals surface area (Å²) in [7, 11) is 1.80. The number of piperidine rings is 1. The van der Waals surface area contributed by atoms with Crippen LogP contribution in [-0.4, -0.2) is 31.1 Å². The van der Waals surface area contributed by atoms with Crippen molar-refractivity contribution < 1.29 is 4.74 Å². The van der Waals surface area contributed by atoms with Crippen LogP contribution >= 0.6 is 0 Å². The Balaban J connectivity index is 1.52. The first-order chi connectivity index (χ1) is 12.0. The lowest BCUT2D eigenvalue weighted by atomic mass is 9.68. The molecule has 0 aromatic heterocycles. The minimum atomic E-state index is 0.530. The first kappa shape index (κ1) is 18.8. The third-order valence-electron chi connectivity index (χ3n) is 7.34. The van der Waals surface area contributed by atoms with E-state index >= 15 is 0 Å². The second-order valence-electron chi connectivity index (χ2n) is 8.90. The molecular weight excluding hydrogens is 306 g/mol. The Labute approximate surface area is 154 Å². The molecule has 25 heavy (non-hydrogen) atoms. The fourth-order valence-electron chi connectivity index (χ4n) is 5.09. The molecule has 1 aromatic rings. The summed E-state index contributed by atoms with van der Waals surface area (Å²) in [6, 6.07) is 9.44. The highest BCUT2D eigenvalue weighted by molar-refractivity contribution is 5.36. The third-order valence-corrected chi connectivity index (χ3v) is 7.34. The van der Waals surface area contributed by atoms with Gasteiger partial charge in [-0.25, -0.2) is 0 Å². The minimum absolute atomic E-state index is 0.530. The first-order valence-corrected chi connectivity index (χ1v) is 10.4. The van der Waals surface area contributed by atoms with E-state index in [1.54, 1.807) is 7.11 Å². The lowest BCUT2D eigenvalue weighted by Crippen LogP contribution is -2.44. The van der Waals surface area contributed by atoms with Gasteiger partial charge in [0.15, 0.2) is 0 Å². The highest BCUT2D eigenvalue weighted by Crippen LogP contribution is 2.42. The molecule has 0 spiro atoms. The highest BCUT2D eigenvalue weighted by Gasteiger charge is 2.34. The zero-order chi connectivity index (χ0) is 17.9. The van der Waals surface area contributed by atoms with Gasteiger partial charge in [-0.05, 0) is 80.5 Å². The Bertz CT molecular complexity index is 537. The van der Waals surface area contributed by atoms with E-state index in [9.17, 15) is 0 Å². The van der Waals surface area contributed by atoms with Gasteiger partial charge in [0.2, 0.25) is 0 Å². The smallest absolute Gasteiger partial charge is 0.122 e. The van der Waals surface area contributed by atoms with E-state index in [-0.39, 0.29) is 0 Å². The van der Waals surface area contributed by atoms with Crippen molar-refractivity contribution in [2.75, 3.05) is 20.2 Å². The van der Waals surface area contributed by atoms with Crippen LogP contribution in [0.15, 0.2) is 24.3 Å². The average molecular weight is 344 g/mol. The van der Waals surface area contributed by atoms with Crippen molar-refractivity contribution in [1.29, 1.82) is 0 Å². The van der Waals surface area contributed by atoms with Gasteiger partial charge >= 0.3 is 0 Å². The Morgan fingerprint density at radius 3 is 2.24 bits per heavy atom. The molecule has 2 nitrogen and oxygen atoms in total. The van der Waals surface area contributed by atoms with Crippen molar-refractivity contribution in [2.45, 2.75) is 77.7 Å². The maximum absolute atomic E-state index is 5.58. The van der Waals surface area contributed by atoms with E-state index in [1.165, 1.54) is 63.6 Å². The zero-order valence-corrected chi connectivity index (χ0v) is 16.8. The number of nitrogens with zero attached hydrogens (tertiary/aromatic N) is 1. The van der Waals surface area contributed by atoms with Gasteiger partial charge in [-0.15, -0.1) is 0 Å². The standard InChI is InChI=1S/C23H37NO/c1-5-23(2,3)19-10-12-20(13-11-19)24-16-14-18(15-17-24)21-8-6-7-9-22(21)25-4/h6-9,18-20H,5,10-17H2,1-4H3. The number of hydrogen-bond acceptors (Lipinski definition) is 2. The summed E-state index contributed by atoms with van der Waals surface area (Å²) in [4.78, 5) is 2.79. The second kappa shape index (κ2) is 8.12. The van der Waals surface area contributed by atoms with Gasteiger partial charge in [0.25, 0.3) is 0 Å². The third kappa shape index (κ3) is 4.22. The molecule has 1 saturated carbocycles. The SMILES string of the molecule is CCC(C)(C)C1CCC(N2CCC(c3ccccc3OC)CC2)CC1. The molecule has 0 atom stereocenters. The van der Waals surface area contributed by atoms with Gasteiger partial charge in [0, 0.05) is 6.04 Å². The van der Waals surface area contributed by atoms with Gasteiger partial charge in [0.05, 0.1) is 7.11 Å². The zero-order valence-electron chi connectivity index (χ0n) is 16.8. The number of para-hydroxylation sites is 1. The Kier molecular flexibility index (Phi) is 6.09. The van der Waals surface area contributed by atoms with Crippen LogP contribution in [0.3, 0.4) is 0 Å². The van der Waals surface area contributed by atoms with Crippen LogP contribution in [0.5, 0.6) is 5.75 Å². The molecule has 1 aliphatic heterocycles. The number of rotatable bonds is 5. The average Bonchev–Trinajstić information content (AvgIpc) is 2.68. The van der Waals surface area contributed by atoms with Crippen molar-refractivity contribution in [2.24, 2.45) is 11.3 Å². The van der Waals surface area contributed by atoms with Gasteiger partial charge < -0.3 is 9.64 Å². The molecule has 1 aliphatic carbocycles. The molecule has 140 valence electrons. The van der Waals surface area contributed by atoms with Crippen LogP contribution in [0.25, 0.3) is 0 Å². The number of benzene rings is 1. The van der Waals surface area contributed by atoms with Crippen LogP contribution < -0.4 is 4.74 Å². The fourth-order valence-corrected chi connectivity index (χ4v) is 5.09. The van der Waals surface area contributed by atoms with Crippen LogP contribution in [0.2, 0.25) is 0 Å². The van der Waals surface area contributed by atoms with Crippen LogP contribution in [0, 0.1) is 11.3 Å². The predicted molar refractivity (Wildman–Crippen MR) is 106 cm³/mol. The van der Waals surface area contributed by atoms with Gasteiger partial charge in [0.1, 0.15) is 5.75 Å². The van der Waals surface area contributed by atoms with E-state index in [0.717, 1.165) is 17.7 Å². The molecule has 0 radical (unpaired) electrons. The monoisotopic (exact) mass is 343 g/mol. The minimum Gasteiger partial charge on any atom is -0.496 e. The number of hydrogen-bond donors (Lipinski definition) is 0. The predicted octanol–water partition coefficient (Wildman–Crippen LogP) is 5.87. The highest BCUT2D eigenvalue weighted by atomic mass is 16.5. The Morgan fingerprint density at radius 2 is 1.64 bits per heavy atom. The molecular formula is C23H37NO. The van der Waals surface area contributed by atoms with Crippen LogP contribution in [0.4, 0.5) is 0 Å². The van der Waals surface area contributed by atoms with Gasteiger partial charge in [-0.1, -0.05) is 45.4 Å². The number of ether oxygens (including phenoxy) is 1. The van der Waals surface area contributed by atoms with E-state index < -0.39 is 0 Å². The summed E-state index contributed by atoms with van der Waals surface area (Å²) >= 11 is 0. The Hall–Kier alpha value is -1.02. The molecule has 2 heteroatoms. The van der Waals surface area contributed by atoms with E-state index in [0.29, 0.717) is 11.3 Å². The van der Waals surface area contributed by atoms with Crippen LogP contribution in [0.1, 0.15) is 77.2 Å². The van der Waals surface area contributed by atoms with Gasteiger partial charge in [-0.3, -0.25) is 0 Å². The molecule has 2 aliphatic rings. The van der Waals surface area contributed by atoms with E-state index in [4.69, 9.17) is 4.74 Å². The summed E-state index contributed by atoms with van der Waals surface area (Å²) in [5.41, 5.74) is 1.94. The summed E-state index contributed by atoms with van der Waals surface area (Å²) in [5.74, 6) is 2.67. The summed E-state index contributed by atoms with van der Waals surface area (Å²) in [5, 5.41) is 0. The lowest BCUT2D eigenvalue weighted by molar-refractivity contribution is 0.0706. The number of methoxy groups -OCH3 is 1. The number of likely N-dealkylation sites (tertiary alicyclic amines) is 1. The lowest BCUT2D eigenvalue weighted by Gasteiger charge is -2.44. The van der Waals surface area contributed by atoms with Crippen LogP contribution in [-0.2, 0) is 0 Å². The van der Waals surface area contributed by atoms with E-state index in [1.807, 2.05) is 0 Å². The maximum Gasteiger partial charge on any atom is 0.122 e. The molecule has 3 rings (SSSR count). The van der Waals surface area contributed by atoms with E-state index in [2.05, 4.69) is 49.9 Å². The quantitative estimate of drug-likeness (QED) is 0.663. The van der Waals surface area contributed by atoms with Gasteiger partial charge in [-0.2, -0.15) is 0 Å². The maximum atomic E-state index is 5.58. The second-order valence-corrected chi connectivity index (χ2v) is 8.90. The molecule has 1 saturated heterocycles. The largest absolute Gasteiger partial charge is 0.496 e. The molecule has 0 bridgehead atoms. The normalized spacial score (nSPS) is 26.6. The van der Waals surface area contributed by atoms with Crippen molar-refractivity contribution in [3.8, 4) is 5.75 Å². The molecule has 1 heterocycles.